The molecule has 5 nitrogen and oxygen atoms in total. The van der Waals surface area contributed by atoms with Crippen LogP contribution in [0.15, 0.2) is 120 Å². The van der Waals surface area contributed by atoms with Gasteiger partial charge in [-0.2, -0.15) is 0 Å². The molecule has 4 aromatic carbocycles. The van der Waals surface area contributed by atoms with Crippen LogP contribution in [0.3, 0.4) is 0 Å². The Hall–Kier alpha value is -3.82. The van der Waals surface area contributed by atoms with Gasteiger partial charge >= 0.3 is 7.60 Å². The molecule has 0 N–H and O–H groups in total. The highest BCUT2D eigenvalue weighted by Crippen LogP contribution is 2.48. The van der Waals surface area contributed by atoms with E-state index in [0.717, 1.165) is 5.56 Å². The number of hydrogen-bond donors (Lipinski definition) is 0. The van der Waals surface area contributed by atoms with Gasteiger partial charge in [0.15, 0.2) is 0 Å². The van der Waals surface area contributed by atoms with E-state index in [4.69, 9.17) is 18.8 Å². The first-order chi connectivity index (χ1) is 16.2. The molecule has 0 radical (unpaired) electrons. The van der Waals surface area contributed by atoms with E-state index in [0.29, 0.717) is 34.9 Å². The number of ether oxygens (including phenoxy) is 1. The summed E-state index contributed by atoms with van der Waals surface area (Å²) < 4.78 is 32.3. The van der Waals surface area contributed by atoms with Crippen molar-refractivity contribution >= 4 is 18.8 Å². The van der Waals surface area contributed by atoms with Crippen molar-refractivity contribution in [1.29, 1.82) is 0 Å². The van der Waals surface area contributed by atoms with Crippen molar-refractivity contribution in [2.75, 3.05) is 6.61 Å². The summed E-state index contributed by atoms with van der Waals surface area (Å²) in [5.41, 5.74) is 1.65. The minimum Gasteiger partial charge on any atom is -0.475 e. The zero-order chi connectivity index (χ0) is 22.5. The maximum atomic E-state index is 14.3. The molecule has 1 atom stereocenters. The van der Waals surface area contributed by atoms with E-state index >= 15 is 0 Å². The molecule has 0 aliphatic carbocycles. The lowest BCUT2D eigenvalue weighted by Gasteiger charge is -2.22. The molecule has 164 valence electrons. The fourth-order valence-electron chi connectivity index (χ4n) is 3.62. The standard InChI is InChI=1S/C27H22NO4P/c29-33(31-22-14-6-2-7-15-22,32-23-16-8-3-9-17-23)26-19-11-10-18-24(26)27-28-25(20-30-27)21-12-4-1-5-13-21/h1-19,25H,20H2/t25-/m1/s1. The molecule has 6 heteroatoms. The predicted octanol–water partition coefficient (Wildman–Crippen LogP) is 6.18. The Kier molecular flexibility index (Phi) is 5.97. The second-order valence-corrected chi connectivity index (χ2v) is 9.34. The van der Waals surface area contributed by atoms with E-state index in [1.165, 1.54) is 0 Å². The highest BCUT2D eigenvalue weighted by molar-refractivity contribution is 7.63. The number of rotatable bonds is 7. The normalized spacial score (nSPS) is 15.4. The van der Waals surface area contributed by atoms with E-state index in [9.17, 15) is 4.57 Å². The molecule has 5 rings (SSSR count). The first kappa shape index (κ1) is 21.0. The summed E-state index contributed by atoms with van der Waals surface area (Å²) in [5, 5.41) is 0.394. The van der Waals surface area contributed by atoms with Gasteiger partial charge in [-0.25, -0.2) is 9.56 Å². The van der Waals surface area contributed by atoms with Gasteiger partial charge in [-0.1, -0.05) is 78.9 Å². The van der Waals surface area contributed by atoms with Gasteiger partial charge in [0, 0.05) is 0 Å². The van der Waals surface area contributed by atoms with Gasteiger partial charge in [-0.15, -0.1) is 0 Å². The van der Waals surface area contributed by atoms with Crippen molar-refractivity contribution in [3.63, 3.8) is 0 Å². The van der Waals surface area contributed by atoms with Crippen LogP contribution in [0, 0.1) is 0 Å². The molecular weight excluding hydrogens is 433 g/mol. The first-order valence-corrected chi connectivity index (χ1v) is 12.2. The minimum atomic E-state index is -3.86. The Morgan fingerprint density at radius 1 is 0.697 bits per heavy atom. The minimum absolute atomic E-state index is 0.126. The van der Waals surface area contributed by atoms with Crippen LogP contribution >= 0.6 is 7.60 Å². The Bertz CT molecular complexity index is 1250. The fourth-order valence-corrected chi connectivity index (χ4v) is 5.38. The molecular formula is C27H22NO4P. The molecule has 0 unspecified atom stereocenters. The molecule has 0 saturated carbocycles. The molecule has 4 aromatic rings. The van der Waals surface area contributed by atoms with E-state index < -0.39 is 7.60 Å². The van der Waals surface area contributed by atoms with Gasteiger partial charge in [0.25, 0.3) is 0 Å². The number of benzene rings is 4. The largest absolute Gasteiger partial charge is 0.475 e. The van der Waals surface area contributed by atoms with Crippen LogP contribution in [-0.2, 0) is 9.30 Å². The van der Waals surface area contributed by atoms with Crippen LogP contribution in [0.1, 0.15) is 17.2 Å². The molecule has 0 fully saturated rings. The van der Waals surface area contributed by atoms with Crippen LogP contribution in [0.4, 0.5) is 0 Å². The molecule has 1 aliphatic heterocycles. The van der Waals surface area contributed by atoms with Crippen LogP contribution in [0.25, 0.3) is 0 Å². The Morgan fingerprint density at radius 2 is 1.21 bits per heavy atom. The number of hydrogen-bond acceptors (Lipinski definition) is 5. The lowest BCUT2D eigenvalue weighted by molar-refractivity contribution is 0.320. The zero-order valence-electron chi connectivity index (χ0n) is 17.8. The summed E-state index contributed by atoms with van der Waals surface area (Å²) in [5.74, 6) is 1.32. The van der Waals surface area contributed by atoms with Gasteiger partial charge in [0.1, 0.15) is 29.5 Å². The molecule has 33 heavy (non-hydrogen) atoms. The second-order valence-electron chi connectivity index (χ2n) is 7.50. The average molecular weight is 455 g/mol. The summed E-state index contributed by atoms with van der Waals surface area (Å²) in [7, 11) is -3.86. The van der Waals surface area contributed by atoms with Crippen molar-refractivity contribution in [2.24, 2.45) is 4.99 Å². The van der Waals surface area contributed by atoms with Crippen molar-refractivity contribution in [2.45, 2.75) is 6.04 Å². The first-order valence-electron chi connectivity index (χ1n) is 10.7. The maximum Gasteiger partial charge on any atom is 0.463 e. The van der Waals surface area contributed by atoms with Crippen molar-refractivity contribution in [3.8, 4) is 11.5 Å². The van der Waals surface area contributed by atoms with Crippen molar-refractivity contribution in [3.05, 3.63) is 126 Å². The van der Waals surface area contributed by atoms with Gasteiger partial charge < -0.3 is 13.8 Å². The molecule has 1 heterocycles. The molecule has 0 bridgehead atoms. The highest BCUT2D eigenvalue weighted by atomic mass is 31.2. The number of aliphatic imine (C=N–C) groups is 1. The summed E-state index contributed by atoms with van der Waals surface area (Å²) in [6.07, 6.45) is 0. The lowest BCUT2D eigenvalue weighted by Crippen LogP contribution is -2.22. The van der Waals surface area contributed by atoms with E-state index in [2.05, 4.69) is 0 Å². The Morgan fingerprint density at radius 3 is 1.82 bits per heavy atom. The highest BCUT2D eigenvalue weighted by Gasteiger charge is 2.36. The molecule has 0 saturated heterocycles. The van der Waals surface area contributed by atoms with Crippen molar-refractivity contribution < 1.29 is 18.3 Å². The zero-order valence-corrected chi connectivity index (χ0v) is 18.7. The number of nitrogens with zero attached hydrogens (tertiary/aromatic N) is 1. The van der Waals surface area contributed by atoms with Crippen molar-refractivity contribution in [1.82, 2.24) is 0 Å². The Labute approximate surface area is 192 Å². The fraction of sp³-hybridized carbons (Fsp3) is 0.0741. The summed E-state index contributed by atoms with van der Waals surface area (Å²) in [6, 6.07) is 35.1. The van der Waals surface area contributed by atoms with Crippen LogP contribution < -0.4 is 14.4 Å². The Balaban J connectivity index is 1.56. The quantitative estimate of drug-likeness (QED) is 0.312. The molecule has 0 amide bonds. The lowest BCUT2D eigenvalue weighted by atomic mass is 10.1. The monoisotopic (exact) mass is 455 g/mol. The third-order valence-electron chi connectivity index (χ3n) is 5.20. The third kappa shape index (κ3) is 4.69. The van der Waals surface area contributed by atoms with E-state index in [-0.39, 0.29) is 6.04 Å². The number of para-hydroxylation sites is 2. The predicted molar refractivity (Wildman–Crippen MR) is 129 cm³/mol. The molecule has 1 aliphatic rings. The van der Waals surface area contributed by atoms with Crippen LogP contribution in [0.5, 0.6) is 11.5 Å². The topological polar surface area (TPSA) is 57.1 Å². The third-order valence-corrected chi connectivity index (χ3v) is 7.08. The van der Waals surface area contributed by atoms with E-state index in [1.807, 2.05) is 78.9 Å². The van der Waals surface area contributed by atoms with Gasteiger partial charge in [0.2, 0.25) is 5.90 Å². The second kappa shape index (κ2) is 9.35. The van der Waals surface area contributed by atoms with Crippen LogP contribution in [-0.4, -0.2) is 12.5 Å². The summed E-state index contributed by atoms with van der Waals surface area (Å²) in [4.78, 5) is 4.78. The average Bonchev–Trinajstić information content (AvgIpc) is 3.36. The van der Waals surface area contributed by atoms with Gasteiger partial charge in [0.05, 0.1) is 5.56 Å². The summed E-state index contributed by atoms with van der Waals surface area (Å²) in [6.45, 7) is 0.414. The van der Waals surface area contributed by atoms with Gasteiger partial charge in [-0.3, -0.25) is 0 Å². The maximum absolute atomic E-state index is 14.3. The smallest absolute Gasteiger partial charge is 0.463 e. The molecule has 0 aromatic heterocycles. The SMILES string of the molecule is O=P(Oc1ccccc1)(Oc1ccccc1)c1ccccc1C1=N[C@@H](c2ccccc2)CO1. The van der Waals surface area contributed by atoms with E-state index in [1.54, 1.807) is 36.4 Å². The van der Waals surface area contributed by atoms with Crippen LogP contribution in [0.2, 0.25) is 0 Å². The molecule has 0 spiro atoms. The van der Waals surface area contributed by atoms with Gasteiger partial charge in [-0.05, 0) is 42.0 Å². The summed E-state index contributed by atoms with van der Waals surface area (Å²) >= 11 is 0.